The monoisotopic (exact) mass is 350 g/mol. The van der Waals surface area contributed by atoms with E-state index in [0.717, 1.165) is 28.0 Å². The minimum absolute atomic E-state index is 0.391. The second-order valence-electron chi connectivity index (χ2n) is 5.59. The Hall–Kier alpha value is -2.92. The number of hydrogen-bond donors (Lipinski definition) is 0. The number of methoxy groups -OCH3 is 1. The standard InChI is InChI=1S/C19H15ClN4O/c1-25-15-9-5-8-14(10-15)17-16-18(20)21-12-22-19(16)24(23-17)11-13-6-3-2-4-7-13/h2-10,12H,11H2,1H3. The molecule has 0 aliphatic carbocycles. The number of hydrogen-bond acceptors (Lipinski definition) is 4. The normalized spacial score (nSPS) is 11.0. The van der Waals surface area contributed by atoms with Crippen LogP contribution in [0.2, 0.25) is 5.15 Å². The first kappa shape index (κ1) is 15.6. The summed E-state index contributed by atoms with van der Waals surface area (Å²) in [5.41, 5.74) is 3.50. The number of ether oxygens (including phenoxy) is 1. The number of aromatic nitrogens is 4. The van der Waals surface area contributed by atoms with E-state index in [1.54, 1.807) is 7.11 Å². The van der Waals surface area contributed by atoms with Crippen molar-refractivity contribution in [2.45, 2.75) is 6.54 Å². The van der Waals surface area contributed by atoms with Crippen molar-refractivity contribution in [3.05, 3.63) is 71.6 Å². The van der Waals surface area contributed by atoms with E-state index in [2.05, 4.69) is 22.1 Å². The lowest BCUT2D eigenvalue weighted by atomic mass is 10.1. The summed E-state index contributed by atoms with van der Waals surface area (Å²) in [4.78, 5) is 8.53. The third-order valence-corrected chi connectivity index (χ3v) is 4.29. The van der Waals surface area contributed by atoms with Crippen molar-refractivity contribution >= 4 is 22.6 Å². The molecule has 0 bridgehead atoms. The Morgan fingerprint density at radius 3 is 2.68 bits per heavy atom. The largest absolute Gasteiger partial charge is 0.497 e. The molecule has 0 amide bonds. The molecule has 0 unspecified atom stereocenters. The van der Waals surface area contributed by atoms with Crippen molar-refractivity contribution in [3.63, 3.8) is 0 Å². The molecule has 4 aromatic rings. The van der Waals surface area contributed by atoms with E-state index in [1.807, 2.05) is 47.1 Å². The molecule has 0 saturated carbocycles. The summed E-state index contributed by atoms with van der Waals surface area (Å²) in [5.74, 6) is 0.760. The Labute approximate surface area is 149 Å². The van der Waals surface area contributed by atoms with Gasteiger partial charge < -0.3 is 4.74 Å². The van der Waals surface area contributed by atoms with Crippen molar-refractivity contribution in [2.75, 3.05) is 7.11 Å². The second kappa shape index (κ2) is 6.53. The van der Waals surface area contributed by atoms with Crippen molar-refractivity contribution in [3.8, 4) is 17.0 Å². The predicted molar refractivity (Wildman–Crippen MR) is 97.9 cm³/mol. The highest BCUT2D eigenvalue weighted by Crippen LogP contribution is 2.32. The fourth-order valence-electron chi connectivity index (χ4n) is 2.81. The number of halogens is 1. The highest BCUT2D eigenvalue weighted by atomic mass is 35.5. The van der Waals surface area contributed by atoms with Gasteiger partial charge in [0.05, 0.1) is 19.0 Å². The Morgan fingerprint density at radius 1 is 1.04 bits per heavy atom. The molecule has 6 heteroatoms. The molecule has 0 aliphatic rings. The molecule has 0 fully saturated rings. The third-order valence-electron chi connectivity index (χ3n) is 4.00. The van der Waals surface area contributed by atoms with Crippen LogP contribution in [0.5, 0.6) is 5.75 Å². The molecule has 0 N–H and O–H groups in total. The number of rotatable bonds is 4. The molecule has 25 heavy (non-hydrogen) atoms. The van der Waals surface area contributed by atoms with Gasteiger partial charge in [-0.3, -0.25) is 0 Å². The molecule has 0 spiro atoms. The van der Waals surface area contributed by atoms with Crippen LogP contribution < -0.4 is 4.74 Å². The topological polar surface area (TPSA) is 52.8 Å². The average molecular weight is 351 g/mol. The molecule has 0 atom stereocenters. The Balaban J connectivity index is 1.90. The van der Waals surface area contributed by atoms with Gasteiger partial charge in [0.15, 0.2) is 5.65 Å². The Morgan fingerprint density at radius 2 is 1.88 bits per heavy atom. The van der Waals surface area contributed by atoms with Crippen molar-refractivity contribution in [2.24, 2.45) is 0 Å². The van der Waals surface area contributed by atoms with Crippen LogP contribution in [0, 0.1) is 0 Å². The van der Waals surface area contributed by atoms with Gasteiger partial charge in [-0.05, 0) is 17.7 Å². The lowest BCUT2D eigenvalue weighted by Gasteiger charge is -2.03. The van der Waals surface area contributed by atoms with Crippen LogP contribution in [0.3, 0.4) is 0 Å². The highest BCUT2D eigenvalue weighted by molar-refractivity contribution is 6.35. The third kappa shape index (κ3) is 2.94. The zero-order valence-corrected chi connectivity index (χ0v) is 14.3. The summed E-state index contributed by atoms with van der Waals surface area (Å²) in [7, 11) is 1.64. The van der Waals surface area contributed by atoms with Crippen LogP contribution >= 0.6 is 11.6 Å². The predicted octanol–water partition coefficient (Wildman–Crippen LogP) is 4.20. The van der Waals surface area contributed by atoms with E-state index in [0.29, 0.717) is 17.3 Å². The number of benzene rings is 2. The van der Waals surface area contributed by atoms with Gasteiger partial charge in [-0.15, -0.1) is 0 Å². The van der Waals surface area contributed by atoms with Gasteiger partial charge in [0.1, 0.15) is 22.9 Å². The molecule has 0 saturated heterocycles. The molecule has 124 valence electrons. The molecule has 2 heterocycles. The summed E-state index contributed by atoms with van der Waals surface area (Å²) in [6.45, 7) is 0.606. The van der Waals surface area contributed by atoms with Gasteiger partial charge in [-0.25, -0.2) is 14.6 Å². The SMILES string of the molecule is COc1cccc(-c2nn(Cc3ccccc3)c3ncnc(Cl)c23)c1. The zero-order valence-electron chi connectivity index (χ0n) is 13.6. The van der Waals surface area contributed by atoms with E-state index < -0.39 is 0 Å². The maximum Gasteiger partial charge on any atom is 0.163 e. The molecule has 0 radical (unpaired) electrons. The molecular formula is C19H15ClN4O. The maximum absolute atomic E-state index is 6.37. The lowest BCUT2D eigenvalue weighted by Crippen LogP contribution is -2.02. The van der Waals surface area contributed by atoms with Crippen LogP contribution in [0.15, 0.2) is 60.9 Å². The second-order valence-corrected chi connectivity index (χ2v) is 5.94. The van der Waals surface area contributed by atoms with Crippen molar-refractivity contribution < 1.29 is 4.74 Å². The summed E-state index contributed by atoms with van der Waals surface area (Å²) >= 11 is 6.37. The smallest absolute Gasteiger partial charge is 0.163 e. The highest BCUT2D eigenvalue weighted by Gasteiger charge is 2.17. The maximum atomic E-state index is 6.37. The first-order valence-corrected chi connectivity index (χ1v) is 8.19. The number of fused-ring (bicyclic) bond motifs is 1. The quantitative estimate of drug-likeness (QED) is 0.517. The van der Waals surface area contributed by atoms with Gasteiger partial charge in [0, 0.05) is 5.56 Å². The van der Waals surface area contributed by atoms with E-state index in [4.69, 9.17) is 21.4 Å². The van der Waals surface area contributed by atoms with Gasteiger partial charge in [-0.1, -0.05) is 54.1 Å². The van der Waals surface area contributed by atoms with Crippen LogP contribution in [0.4, 0.5) is 0 Å². The van der Waals surface area contributed by atoms with Gasteiger partial charge in [0.2, 0.25) is 0 Å². The van der Waals surface area contributed by atoms with Crippen molar-refractivity contribution in [1.29, 1.82) is 0 Å². The van der Waals surface area contributed by atoms with Crippen molar-refractivity contribution in [1.82, 2.24) is 19.7 Å². The Kier molecular flexibility index (Phi) is 4.07. The Bertz CT molecular complexity index is 1030. The minimum Gasteiger partial charge on any atom is -0.497 e. The lowest BCUT2D eigenvalue weighted by molar-refractivity contribution is 0.415. The number of nitrogens with zero attached hydrogens (tertiary/aromatic N) is 4. The van der Waals surface area contributed by atoms with Crippen LogP contribution in [0.1, 0.15) is 5.56 Å². The van der Waals surface area contributed by atoms with Gasteiger partial charge in [-0.2, -0.15) is 5.10 Å². The van der Waals surface area contributed by atoms with Gasteiger partial charge >= 0.3 is 0 Å². The molecular weight excluding hydrogens is 336 g/mol. The molecule has 5 nitrogen and oxygen atoms in total. The van der Waals surface area contributed by atoms with Gasteiger partial charge in [0.25, 0.3) is 0 Å². The van der Waals surface area contributed by atoms with Crippen LogP contribution in [-0.2, 0) is 6.54 Å². The fraction of sp³-hybridized carbons (Fsp3) is 0.105. The molecule has 0 aliphatic heterocycles. The van der Waals surface area contributed by atoms with Crippen LogP contribution in [0.25, 0.3) is 22.3 Å². The summed E-state index contributed by atoms with van der Waals surface area (Å²) in [6.07, 6.45) is 1.46. The zero-order chi connectivity index (χ0) is 17.2. The van der Waals surface area contributed by atoms with E-state index >= 15 is 0 Å². The summed E-state index contributed by atoms with van der Waals surface area (Å²) in [5, 5.41) is 5.90. The van der Waals surface area contributed by atoms with E-state index in [-0.39, 0.29) is 0 Å². The first-order chi connectivity index (χ1) is 12.3. The fourth-order valence-corrected chi connectivity index (χ4v) is 3.03. The molecule has 2 aromatic heterocycles. The summed E-state index contributed by atoms with van der Waals surface area (Å²) in [6, 6.07) is 17.8. The minimum atomic E-state index is 0.391. The summed E-state index contributed by atoms with van der Waals surface area (Å²) < 4.78 is 7.18. The van der Waals surface area contributed by atoms with E-state index in [9.17, 15) is 0 Å². The first-order valence-electron chi connectivity index (χ1n) is 7.81. The molecule has 4 rings (SSSR count). The average Bonchev–Trinajstić information content (AvgIpc) is 3.03. The van der Waals surface area contributed by atoms with Crippen LogP contribution in [-0.4, -0.2) is 26.9 Å². The molecule has 2 aromatic carbocycles. The van der Waals surface area contributed by atoms with E-state index in [1.165, 1.54) is 6.33 Å².